The highest BCUT2D eigenvalue weighted by atomic mass is 35.5. The van der Waals surface area contributed by atoms with E-state index in [0.29, 0.717) is 21.6 Å². The number of rotatable bonds is 3. The van der Waals surface area contributed by atoms with Crippen LogP contribution in [0.25, 0.3) is 10.2 Å². The van der Waals surface area contributed by atoms with Gasteiger partial charge in [-0.3, -0.25) is 19.1 Å². The highest BCUT2D eigenvalue weighted by Crippen LogP contribution is 2.30. The summed E-state index contributed by atoms with van der Waals surface area (Å²) in [5.74, 6) is 0.878. The van der Waals surface area contributed by atoms with E-state index >= 15 is 0 Å². The molecule has 0 aliphatic carbocycles. The van der Waals surface area contributed by atoms with Gasteiger partial charge in [0.05, 0.1) is 10.3 Å². The fraction of sp³-hybridized carbons (Fsp3) is 0.435. The number of thiophene rings is 1. The molecule has 31 heavy (non-hydrogen) atoms. The largest absolute Gasteiger partial charge is 0.337 e. The van der Waals surface area contributed by atoms with Gasteiger partial charge < -0.3 is 4.90 Å². The summed E-state index contributed by atoms with van der Waals surface area (Å²) in [7, 11) is 0. The summed E-state index contributed by atoms with van der Waals surface area (Å²) < 4.78 is 1.77. The normalized spacial score (nSPS) is 17.2. The quantitative estimate of drug-likeness (QED) is 0.602. The molecule has 162 valence electrons. The number of carbonyl (C=O) groups is 1. The lowest BCUT2D eigenvalue weighted by Gasteiger charge is -2.22. The highest BCUT2D eigenvalue weighted by Gasteiger charge is 2.27. The molecule has 1 fully saturated rings. The van der Waals surface area contributed by atoms with Gasteiger partial charge in [0.1, 0.15) is 10.7 Å². The Bertz CT molecular complexity index is 1200. The lowest BCUT2D eigenvalue weighted by Crippen LogP contribution is -2.35. The van der Waals surface area contributed by atoms with Crippen molar-refractivity contribution >= 4 is 39.1 Å². The third-order valence-electron chi connectivity index (χ3n) is 6.30. The van der Waals surface area contributed by atoms with Crippen molar-refractivity contribution in [2.24, 2.45) is 0 Å². The standard InChI is InChI=1S/C23H25ClN4O2S/c1-15-19-21(25-18-4-2-11-28(18)22(19)29)31-20(15)23(30)27-10-3-9-26(12-13-27)14-16-5-7-17(24)8-6-16/h5-8H,2-4,9-14H2,1H3. The predicted octanol–water partition coefficient (Wildman–Crippen LogP) is 3.71. The van der Waals surface area contributed by atoms with Gasteiger partial charge in [-0.1, -0.05) is 23.7 Å². The van der Waals surface area contributed by atoms with Crippen molar-refractivity contribution in [3.8, 4) is 0 Å². The maximum Gasteiger partial charge on any atom is 0.264 e. The summed E-state index contributed by atoms with van der Waals surface area (Å²) in [6.45, 7) is 6.66. The molecule has 1 aromatic carbocycles. The second kappa shape index (κ2) is 8.37. The molecule has 5 rings (SSSR count). The number of amides is 1. The molecule has 0 atom stereocenters. The van der Waals surface area contributed by atoms with E-state index in [4.69, 9.17) is 16.6 Å². The minimum absolute atomic E-state index is 0.00954. The zero-order valence-electron chi connectivity index (χ0n) is 17.6. The Labute approximate surface area is 190 Å². The van der Waals surface area contributed by atoms with Crippen molar-refractivity contribution in [1.82, 2.24) is 19.4 Å². The molecule has 8 heteroatoms. The molecule has 0 radical (unpaired) electrons. The number of aryl methyl sites for hydroxylation is 2. The summed E-state index contributed by atoms with van der Waals surface area (Å²) in [6.07, 6.45) is 2.73. The van der Waals surface area contributed by atoms with Gasteiger partial charge in [-0.25, -0.2) is 4.98 Å². The van der Waals surface area contributed by atoms with Crippen LogP contribution in [0.1, 0.15) is 39.5 Å². The van der Waals surface area contributed by atoms with E-state index < -0.39 is 0 Å². The van der Waals surface area contributed by atoms with Crippen LogP contribution in [0.2, 0.25) is 5.02 Å². The topological polar surface area (TPSA) is 58.4 Å². The van der Waals surface area contributed by atoms with Gasteiger partial charge in [-0.05, 0) is 43.0 Å². The molecule has 2 aromatic heterocycles. The average Bonchev–Trinajstić information content (AvgIpc) is 3.28. The van der Waals surface area contributed by atoms with Gasteiger partial charge in [0.2, 0.25) is 0 Å². The number of fused-ring (bicyclic) bond motifs is 2. The summed E-state index contributed by atoms with van der Waals surface area (Å²) in [6, 6.07) is 7.95. The lowest BCUT2D eigenvalue weighted by molar-refractivity contribution is 0.0765. The number of carbonyl (C=O) groups excluding carboxylic acids is 1. The number of nitrogens with zero attached hydrogens (tertiary/aromatic N) is 4. The third-order valence-corrected chi connectivity index (χ3v) is 7.73. The van der Waals surface area contributed by atoms with Crippen LogP contribution >= 0.6 is 22.9 Å². The van der Waals surface area contributed by atoms with Gasteiger partial charge in [-0.15, -0.1) is 11.3 Å². The van der Waals surface area contributed by atoms with Gasteiger partial charge in [-0.2, -0.15) is 0 Å². The second-order valence-corrected chi connectivity index (χ2v) is 9.81. The zero-order chi connectivity index (χ0) is 21.5. The van der Waals surface area contributed by atoms with Crippen molar-refractivity contribution in [2.75, 3.05) is 26.2 Å². The van der Waals surface area contributed by atoms with Gasteiger partial charge >= 0.3 is 0 Å². The molecule has 0 N–H and O–H groups in total. The SMILES string of the molecule is Cc1c(C(=O)N2CCCN(Cc3ccc(Cl)cc3)CC2)sc2nc3n(c(=O)c12)CCC3. The minimum Gasteiger partial charge on any atom is -0.337 e. The highest BCUT2D eigenvalue weighted by molar-refractivity contribution is 7.20. The Balaban J connectivity index is 1.34. The second-order valence-electron chi connectivity index (χ2n) is 8.37. The van der Waals surface area contributed by atoms with Crippen LogP contribution < -0.4 is 5.56 Å². The molecule has 6 nitrogen and oxygen atoms in total. The lowest BCUT2D eigenvalue weighted by atomic mass is 10.2. The first-order valence-corrected chi connectivity index (χ1v) is 12.0. The van der Waals surface area contributed by atoms with Crippen molar-refractivity contribution < 1.29 is 4.79 Å². The van der Waals surface area contributed by atoms with E-state index in [9.17, 15) is 9.59 Å². The maximum atomic E-state index is 13.4. The molecule has 0 spiro atoms. The summed E-state index contributed by atoms with van der Waals surface area (Å²) in [4.78, 5) is 36.7. The molecule has 2 aliphatic heterocycles. The number of hydrogen-bond donors (Lipinski definition) is 0. The summed E-state index contributed by atoms with van der Waals surface area (Å²) in [5.41, 5.74) is 2.02. The van der Waals surface area contributed by atoms with Crippen LogP contribution in [0.15, 0.2) is 29.1 Å². The molecule has 4 heterocycles. The van der Waals surface area contributed by atoms with Crippen molar-refractivity contribution in [1.29, 1.82) is 0 Å². The number of benzene rings is 1. The van der Waals surface area contributed by atoms with Crippen molar-refractivity contribution in [2.45, 2.75) is 39.3 Å². The van der Waals surface area contributed by atoms with Crippen LogP contribution in [0, 0.1) is 6.92 Å². The smallest absolute Gasteiger partial charge is 0.264 e. The van der Waals surface area contributed by atoms with E-state index in [-0.39, 0.29) is 11.5 Å². The van der Waals surface area contributed by atoms with Gasteiger partial charge in [0.25, 0.3) is 11.5 Å². The summed E-state index contributed by atoms with van der Waals surface area (Å²) in [5, 5.41) is 1.37. The first-order valence-electron chi connectivity index (χ1n) is 10.8. The molecule has 0 saturated carbocycles. The number of halogens is 1. The molecular formula is C23H25ClN4O2S. The monoisotopic (exact) mass is 456 g/mol. The number of aromatic nitrogens is 2. The zero-order valence-corrected chi connectivity index (χ0v) is 19.1. The van der Waals surface area contributed by atoms with Gasteiger partial charge in [0.15, 0.2) is 0 Å². The molecule has 3 aromatic rings. The predicted molar refractivity (Wildman–Crippen MR) is 124 cm³/mol. The molecule has 0 bridgehead atoms. The van der Waals surface area contributed by atoms with E-state index in [2.05, 4.69) is 17.0 Å². The Hall–Kier alpha value is -2.22. The molecule has 1 amide bonds. The van der Waals surface area contributed by atoms with Crippen LogP contribution in [0.3, 0.4) is 0 Å². The van der Waals surface area contributed by atoms with E-state index in [1.54, 1.807) is 4.57 Å². The molecule has 0 unspecified atom stereocenters. The van der Waals surface area contributed by atoms with Crippen LogP contribution in [-0.4, -0.2) is 51.4 Å². The molecular weight excluding hydrogens is 432 g/mol. The Kier molecular flexibility index (Phi) is 5.58. The Morgan fingerprint density at radius 3 is 2.71 bits per heavy atom. The molecule has 2 aliphatic rings. The molecule has 1 saturated heterocycles. The van der Waals surface area contributed by atoms with Crippen molar-refractivity contribution in [3.63, 3.8) is 0 Å². The maximum absolute atomic E-state index is 13.4. The Morgan fingerprint density at radius 1 is 1.10 bits per heavy atom. The first-order chi connectivity index (χ1) is 15.0. The van der Waals surface area contributed by atoms with Crippen molar-refractivity contribution in [3.05, 3.63) is 61.5 Å². The minimum atomic E-state index is 0.00954. The third kappa shape index (κ3) is 3.90. The fourth-order valence-corrected chi connectivity index (χ4v) is 5.89. The van der Waals surface area contributed by atoms with E-state index in [1.807, 2.05) is 24.0 Å². The first kappa shape index (κ1) is 20.7. The summed E-state index contributed by atoms with van der Waals surface area (Å²) >= 11 is 7.37. The van der Waals surface area contributed by atoms with Crippen LogP contribution in [0.5, 0.6) is 0 Å². The van der Waals surface area contributed by atoms with Crippen LogP contribution in [0.4, 0.5) is 0 Å². The van der Waals surface area contributed by atoms with Crippen LogP contribution in [-0.2, 0) is 19.5 Å². The van der Waals surface area contributed by atoms with E-state index in [0.717, 1.165) is 68.4 Å². The average molecular weight is 457 g/mol. The number of hydrogen-bond acceptors (Lipinski definition) is 5. The fourth-order valence-electron chi connectivity index (χ4n) is 4.60. The van der Waals surface area contributed by atoms with E-state index in [1.165, 1.54) is 16.9 Å². The Morgan fingerprint density at radius 2 is 1.90 bits per heavy atom. The van der Waals surface area contributed by atoms with Gasteiger partial charge in [0, 0.05) is 50.7 Å².